The molecule has 2 saturated heterocycles. The largest absolute Gasteiger partial charge is 0.457 e. The lowest BCUT2D eigenvalue weighted by Crippen LogP contribution is -2.65. The zero-order valence-electron chi connectivity index (χ0n) is 17.0. The van der Waals surface area contributed by atoms with Gasteiger partial charge in [0.25, 0.3) is 11.8 Å². The molecule has 0 unspecified atom stereocenters. The summed E-state index contributed by atoms with van der Waals surface area (Å²) in [6.07, 6.45) is 3.58. The zero-order chi connectivity index (χ0) is 22.1. The second kappa shape index (κ2) is 8.14. The number of aromatic nitrogens is 1. The summed E-state index contributed by atoms with van der Waals surface area (Å²) < 4.78 is 5.78. The van der Waals surface area contributed by atoms with E-state index in [0.29, 0.717) is 35.7 Å². The minimum atomic E-state index is -0.763. The predicted molar refractivity (Wildman–Crippen MR) is 116 cm³/mol. The van der Waals surface area contributed by atoms with Crippen LogP contribution in [0.3, 0.4) is 0 Å². The molecule has 0 saturated carbocycles. The van der Waals surface area contributed by atoms with Crippen molar-refractivity contribution in [2.75, 3.05) is 11.4 Å². The maximum atomic E-state index is 13.4. The molecular weight excluding hydrogens is 408 g/mol. The Kier molecular flexibility index (Phi) is 5.03. The van der Waals surface area contributed by atoms with E-state index in [-0.39, 0.29) is 5.91 Å². The van der Waals surface area contributed by atoms with Gasteiger partial charge >= 0.3 is 6.03 Å². The number of amides is 4. The van der Waals surface area contributed by atoms with Crippen molar-refractivity contribution in [1.29, 1.82) is 0 Å². The number of hydrogen-bond acceptors (Lipinski definition) is 5. The van der Waals surface area contributed by atoms with Crippen molar-refractivity contribution in [2.24, 2.45) is 0 Å². The third kappa shape index (κ3) is 3.56. The Labute approximate surface area is 184 Å². The molecule has 0 bridgehead atoms. The molecule has 3 aromatic rings. The number of ether oxygens (including phenoxy) is 1. The first kappa shape index (κ1) is 19.7. The summed E-state index contributed by atoms with van der Waals surface area (Å²) in [5.41, 5.74) is 0.818. The van der Waals surface area contributed by atoms with E-state index in [4.69, 9.17) is 4.74 Å². The number of imide groups is 1. The lowest BCUT2D eigenvalue weighted by molar-refractivity contribution is -0.122. The van der Waals surface area contributed by atoms with Gasteiger partial charge in [-0.25, -0.2) is 9.69 Å². The second-order valence-electron chi connectivity index (χ2n) is 7.61. The van der Waals surface area contributed by atoms with Gasteiger partial charge in [0.05, 0.1) is 17.3 Å². The van der Waals surface area contributed by atoms with E-state index in [1.165, 1.54) is 11.1 Å². The molecule has 32 heavy (non-hydrogen) atoms. The highest BCUT2D eigenvalue weighted by Crippen LogP contribution is 2.30. The number of benzene rings is 2. The van der Waals surface area contributed by atoms with Crippen molar-refractivity contribution in [3.05, 3.63) is 84.7 Å². The lowest BCUT2D eigenvalue weighted by Gasteiger charge is -2.36. The Bertz CT molecular complexity index is 1150. The molecule has 8 heteroatoms. The Morgan fingerprint density at radius 2 is 1.72 bits per heavy atom. The summed E-state index contributed by atoms with van der Waals surface area (Å²) in [7, 11) is 0. The minimum Gasteiger partial charge on any atom is -0.457 e. The summed E-state index contributed by atoms with van der Waals surface area (Å²) in [6, 6.07) is 17.7. The topological polar surface area (TPSA) is 91.8 Å². The smallest absolute Gasteiger partial charge is 0.329 e. The Morgan fingerprint density at radius 1 is 0.969 bits per heavy atom. The summed E-state index contributed by atoms with van der Waals surface area (Å²) in [5.74, 6) is 0.564. The van der Waals surface area contributed by atoms with Crippen molar-refractivity contribution < 1.29 is 19.1 Å². The number of nitrogens with one attached hydrogen (secondary N) is 1. The summed E-state index contributed by atoms with van der Waals surface area (Å²) in [6.45, 7) is 0.382. The van der Waals surface area contributed by atoms with Gasteiger partial charge in [-0.15, -0.1) is 0 Å². The fourth-order valence-corrected chi connectivity index (χ4v) is 4.12. The van der Waals surface area contributed by atoms with E-state index >= 15 is 0 Å². The monoisotopic (exact) mass is 428 g/mol. The molecule has 3 heterocycles. The number of hydrogen-bond donors (Lipinski definition) is 1. The third-order valence-corrected chi connectivity index (χ3v) is 5.63. The van der Waals surface area contributed by atoms with Gasteiger partial charge in [-0.05, 0) is 55.0 Å². The van der Waals surface area contributed by atoms with Gasteiger partial charge < -0.3 is 15.0 Å². The number of fused-ring (bicyclic) bond motifs is 1. The van der Waals surface area contributed by atoms with Gasteiger partial charge in [-0.1, -0.05) is 18.2 Å². The first-order chi connectivity index (χ1) is 15.6. The van der Waals surface area contributed by atoms with Gasteiger partial charge in [0, 0.05) is 18.9 Å². The fourth-order valence-electron chi connectivity index (χ4n) is 4.12. The fraction of sp³-hybridized carbons (Fsp3) is 0.167. The number of urea groups is 1. The predicted octanol–water partition coefficient (Wildman–Crippen LogP) is 3.21. The van der Waals surface area contributed by atoms with Crippen LogP contribution in [0.1, 0.15) is 16.8 Å². The maximum Gasteiger partial charge on any atom is 0.329 e. The van der Waals surface area contributed by atoms with Crippen LogP contribution in [0.15, 0.2) is 79.1 Å². The second-order valence-corrected chi connectivity index (χ2v) is 7.61. The van der Waals surface area contributed by atoms with E-state index < -0.39 is 24.0 Å². The third-order valence-electron chi connectivity index (χ3n) is 5.63. The highest BCUT2D eigenvalue weighted by molar-refractivity contribution is 6.19. The molecule has 2 aromatic carbocycles. The molecule has 1 N–H and O–H groups in total. The van der Waals surface area contributed by atoms with Crippen LogP contribution >= 0.6 is 0 Å². The number of likely N-dealkylation sites (tertiary alicyclic amines) is 1. The molecule has 2 atom stereocenters. The number of nitrogens with zero attached hydrogens (tertiary/aromatic N) is 3. The Balaban J connectivity index is 1.37. The first-order valence-electron chi connectivity index (χ1n) is 10.3. The molecule has 2 aliphatic heterocycles. The molecule has 2 aliphatic rings. The van der Waals surface area contributed by atoms with E-state index in [1.54, 1.807) is 42.6 Å². The van der Waals surface area contributed by atoms with Crippen LogP contribution in [0.25, 0.3) is 0 Å². The van der Waals surface area contributed by atoms with Crippen molar-refractivity contribution >= 4 is 23.5 Å². The molecule has 4 amide bonds. The molecule has 1 aromatic heterocycles. The van der Waals surface area contributed by atoms with Crippen LogP contribution in [0.5, 0.6) is 11.5 Å². The highest BCUT2D eigenvalue weighted by Gasteiger charge is 2.50. The van der Waals surface area contributed by atoms with E-state index in [9.17, 15) is 14.4 Å². The summed E-state index contributed by atoms with van der Waals surface area (Å²) in [4.78, 5) is 45.7. The number of carbonyl (C=O) groups excluding carboxylic acids is 3. The lowest BCUT2D eigenvalue weighted by atomic mass is 10.0. The highest BCUT2D eigenvalue weighted by atomic mass is 16.5. The summed E-state index contributed by atoms with van der Waals surface area (Å²) in [5, 5.41) is 2.87. The number of rotatable bonds is 4. The molecule has 0 spiro atoms. The van der Waals surface area contributed by atoms with Crippen molar-refractivity contribution in [3.63, 3.8) is 0 Å². The van der Waals surface area contributed by atoms with E-state index in [0.717, 1.165) is 4.90 Å². The molecule has 0 aliphatic carbocycles. The number of carbonyl (C=O) groups is 3. The van der Waals surface area contributed by atoms with Crippen LogP contribution in [0.2, 0.25) is 0 Å². The number of anilines is 1. The van der Waals surface area contributed by atoms with Crippen molar-refractivity contribution in [3.8, 4) is 11.5 Å². The molecule has 0 radical (unpaired) electrons. The van der Waals surface area contributed by atoms with Crippen LogP contribution < -0.4 is 15.0 Å². The minimum absolute atomic E-state index is 0.276. The first-order valence-corrected chi connectivity index (χ1v) is 10.3. The maximum absolute atomic E-state index is 13.4. The van der Waals surface area contributed by atoms with Crippen LogP contribution in [0, 0.1) is 0 Å². The van der Waals surface area contributed by atoms with Gasteiger partial charge in [0.1, 0.15) is 17.5 Å². The average Bonchev–Trinajstić information content (AvgIpc) is 3.25. The van der Waals surface area contributed by atoms with Crippen LogP contribution in [0.4, 0.5) is 10.5 Å². The standard InChI is InChI=1S/C24H20N4O4/c29-22(16-5-4-13-25-15-16)27-14-12-20-21(27)23(30)28(24(31)26-20)17-8-10-19(11-9-17)32-18-6-2-1-3-7-18/h1-11,13,15,20-21H,12,14H2,(H,26,31)/t20-,21-/m1/s1. The van der Waals surface area contributed by atoms with Gasteiger partial charge in [-0.3, -0.25) is 14.6 Å². The SMILES string of the molecule is O=C1N[C@@H]2CCN(C(=O)c3cccnc3)[C@H]2C(=O)N1c1ccc(Oc2ccccc2)cc1. The van der Waals surface area contributed by atoms with Crippen molar-refractivity contribution in [2.45, 2.75) is 18.5 Å². The molecule has 8 nitrogen and oxygen atoms in total. The molecule has 2 fully saturated rings. The Morgan fingerprint density at radius 3 is 2.44 bits per heavy atom. The van der Waals surface area contributed by atoms with Crippen LogP contribution in [-0.4, -0.2) is 46.4 Å². The molecular formula is C24H20N4O4. The number of para-hydroxylation sites is 1. The quantitative estimate of drug-likeness (QED) is 0.689. The average molecular weight is 428 g/mol. The van der Waals surface area contributed by atoms with E-state index in [1.807, 2.05) is 30.3 Å². The molecule has 160 valence electrons. The van der Waals surface area contributed by atoms with Gasteiger partial charge in [0.2, 0.25) is 0 Å². The van der Waals surface area contributed by atoms with Crippen LogP contribution in [-0.2, 0) is 4.79 Å². The molecule has 5 rings (SSSR count). The van der Waals surface area contributed by atoms with E-state index in [2.05, 4.69) is 10.3 Å². The van der Waals surface area contributed by atoms with Crippen molar-refractivity contribution in [1.82, 2.24) is 15.2 Å². The Hall–Kier alpha value is -4.20. The normalized spacial score (nSPS) is 20.0. The van der Waals surface area contributed by atoms with Gasteiger partial charge in [0.15, 0.2) is 0 Å². The number of pyridine rings is 1. The summed E-state index contributed by atoms with van der Waals surface area (Å²) >= 11 is 0. The zero-order valence-corrected chi connectivity index (χ0v) is 17.0. The van der Waals surface area contributed by atoms with Gasteiger partial charge in [-0.2, -0.15) is 0 Å².